The second kappa shape index (κ2) is 5.76. The van der Waals surface area contributed by atoms with Crippen molar-refractivity contribution in [2.45, 2.75) is 0 Å². The van der Waals surface area contributed by atoms with Crippen LogP contribution >= 0.6 is 31.9 Å². The van der Waals surface area contributed by atoms with Crippen molar-refractivity contribution in [1.29, 1.82) is 0 Å². The smallest absolute Gasteiger partial charge is 0.166 e. The molecule has 0 nitrogen and oxygen atoms in total. The molecule has 2 aromatic carbocycles. The predicted octanol–water partition coefficient (Wildman–Crippen LogP) is 5.98. The van der Waals surface area contributed by atoms with Crippen molar-refractivity contribution in [3.63, 3.8) is 0 Å². The molecule has 2 rings (SSSR count). The molecule has 0 atom stereocenters. The Labute approximate surface area is 121 Å². The third-order valence-electron chi connectivity index (χ3n) is 2.39. The Bertz CT molecular complexity index is 518. The van der Waals surface area contributed by atoms with Gasteiger partial charge in [-0.1, -0.05) is 56.1 Å². The molecule has 0 aromatic heterocycles. The molecule has 0 N–H and O–H groups in total. The summed E-state index contributed by atoms with van der Waals surface area (Å²) in [6.45, 7) is 0. The molecule has 4 heteroatoms. The first-order chi connectivity index (χ1) is 8.58. The van der Waals surface area contributed by atoms with E-state index in [9.17, 15) is 8.78 Å². The van der Waals surface area contributed by atoms with Gasteiger partial charge in [-0.2, -0.15) is 0 Å². The zero-order valence-corrected chi connectivity index (χ0v) is 12.3. The van der Waals surface area contributed by atoms with Crippen LogP contribution in [0.2, 0.25) is 0 Å². The van der Waals surface area contributed by atoms with E-state index in [1.165, 1.54) is 24.3 Å². The molecule has 0 fully saturated rings. The van der Waals surface area contributed by atoms with Gasteiger partial charge < -0.3 is 0 Å². The van der Waals surface area contributed by atoms with E-state index in [1.54, 1.807) is 24.3 Å². The number of rotatable bonds is 2. The molecule has 0 amide bonds. The topological polar surface area (TPSA) is 0 Å². The lowest BCUT2D eigenvalue weighted by Crippen LogP contribution is -1.84. The quantitative estimate of drug-likeness (QED) is 0.568. The Balaban J connectivity index is 2.40. The van der Waals surface area contributed by atoms with Crippen molar-refractivity contribution < 1.29 is 8.78 Å². The summed E-state index contributed by atoms with van der Waals surface area (Å²) in [5.41, 5.74) is 0.442. The second-order valence-electron chi connectivity index (χ2n) is 3.64. The lowest BCUT2D eigenvalue weighted by molar-refractivity contribution is 0.700. The fourth-order valence-corrected chi connectivity index (χ4v) is 1.97. The molecule has 0 unspecified atom stereocenters. The summed E-state index contributed by atoms with van der Waals surface area (Å²) in [5.74, 6) is -1.71. The highest BCUT2D eigenvalue weighted by Gasteiger charge is 2.11. The van der Waals surface area contributed by atoms with Crippen LogP contribution in [0.3, 0.4) is 0 Å². The van der Waals surface area contributed by atoms with Crippen LogP contribution in [-0.4, -0.2) is 0 Å². The van der Waals surface area contributed by atoms with E-state index >= 15 is 0 Å². The van der Waals surface area contributed by atoms with Crippen molar-refractivity contribution in [3.05, 3.63) is 68.6 Å². The van der Waals surface area contributed by atoms with E-state index in [0.29, 0.717) is 0 Å². The molecule has 0 spiro atoms. The highest BCUT2D eigenvalue weighted by atomic mass is 79.9. The molecule has 0 aliphatic rings. The lowest BCUT2D eigenvalue weighted by atomic mass is 10.1. The van der Waals surface area contributed by atoms with E-state index in [2.05, 4.69) is 31.9 Å². The van der Waals surface area contributed by atoms with E-state index in [0.717, 1.165) is 8.95 Å². The summed E-state index contributed by atoms with van der Waals surface area (Å²) in [4.78, 5) is 0. The lowest BCUT2D eigenvalue weighted by Gasteiger charge is -2.02. The Hall–Kier alpha value is -1.00. The highest BCUT2D eigenvalue weighted by molar-refractivity contribution is 9.10. The molecule has 0 radical (unpaired) electrons. The fourth-order valence-electron chi connectivity index (χ4n) is 1.45. The second-order valence-corrected chi connectivity index (χ2v) is 5.47. The first kappa shape index (κ1) is 13.4. The summed E-state index contributed by atoms with van der Waals surface area (Å²) in [7, 11) is 0. The van der Waals surface area contributed by atoms with Gasteiger partial charge in [-0.05, 0) is 24.3 Å². The summed E-state index contributed by atoms with van der Waals surface area (Å²) in [6, 6.07) is 12.8. The van der Waals surface area contributed by atoms with Crippen molar-refractivity contribution in [2.75, 3.05) is 0 Å². The maximum atomic E-state index is 13.9. The van der Waals surface area contributed by atoms with Gasteiger partial charge in [0.15, 0.2) is 11.7 Å². The van der Waals surface area contributed by atoms with Crippen molar-refractivity contribution in [3.8, 4) is 0 Å². The average molecular weight is 374 g/mol. The molecule has 92 valence electrons. The third kappa shape index (κ3) is 3.06. The molecule has 0 bridgehead atoms. The van der Waals surface area contributed by atoms with Gasteiger partial charge in [0.1, 0.15) is 0 Å². The van der Waals surface area contributed by atoms with E-state index < -0.39 is 11.7 Å². The Morgan fingerprint density at radius 3 is 1.17 bits per heavy atom. The molecular formula is C14H8Br2F2. The summed E-state index contributed by atoms with van der Waals surface area (Å²) >= 11 is 6.49. The molecule has 18 heavy (non-hydrogen) atoms. The zero-order chi connectivity index (χ0) is 13.1. The minimum Gasteiger partial charge on any atom is -0.203 e. The molecule has 0 heterocycles. The van der Waals surface area contributed by atoms with Crippen LogP contribution < -0.4 is 0 Å². The van der Waals surface area contributed by atoms with Gasteiger partial charge in [-0.3, -0.25) is 0 Å². The van der Waals surface area contributed by atoms with E-state index in [4.69, 9.17) is 0 Å². The minimum absolute atomic E-state index is 0.221. The Morgan fingerprint density at radius 1 is 0.611 bits per heavy atom. The van der Waals surface area contributed by atoms with Crippen LogP contribution in [0.5, 0.6) is 0 Å². The Kier molecular flexibility index (Phi) is 4.30. The first-order valence-corrected chi connectivity index (χ1v) is 6.73. The number of halogens is 4. The van der Waals surface area contributed by atoms with Gasteiger partial charge in [0.2, 0.25) is 0 Å². The third-order valence-corrected chi connectivity index (χ3v) is 3.45. The van der Waals surface area contributed by atoms with Crippen LogP contribution in [0.4, 0.5) is 8.78 Å². The molecule has 0 saturated carbocycles. The molecule has 2 aromatic rings. The normalized spacial score (nSPS) is 12.2. The number of hydrogen-bond donors (Lipinski definition) is 0. The number of benzene rings is 2. The van der Waals surface area contributed by atoms with Crippen molar-refractivity contribution >= 4 is 43.5 Å². The van der Waals surface area contributed by atoms with Gasteiger partial charge in [-0.25, -0.2) is 8.78 Å². The van der Waals surface area contributed by atoms with Crippen LogP contribution in [0.1, 0.15) is 11.1 Å². The maximum absolute atomic E-state index is 13.9. The van der Waals surface area contributed by atoms with Crippen LogP contribution in [0.15, 0.2) is 57.5 Å². The largest absolute Gasteiger partial charge is 0.203 e. The zero-order valence-electron chi connectivity index (χ0n) is 9.13. The van der Waals surface area contributed by atoms with Crippen molar-refractivity contribution in [1.82, 2.24) is 0 Å². The first-order valence-electron chi connectivity index (χ1n) is 5.15. The fraction of sp³-hybridized carbons (Fsp3) is 0. The van der Waals surface area contributed by atoms with Gasteiger partial charge in [0, 0.05) is 20.1 Å². The standard InChI is InChI=1S/C14H8Br2F2/c15-11-5-1-9(2-6-11)13(17)14(18)10-3-7-12(16)8-4-10/h1-8H/b14-13+. The highest BCUT2D eigenvalue weighted by Crippen LogP contribution is 2.29. The Morgan fingerprint density at radius 2 is 0.889 bits per heavy atom. The predicted molar refractivity (Wildman–Crippen MR) is 77.3 cm³/mol. The SMILES string of the molecule is F/C(=C(/F)c1ccc(Br)cc1)c1ccc(Br)cc1. The molecule has 0 aliphatic carbocycles. The summed E-state index contributed by atoms with van der Waals surface area (Å²) < 4.78 is 29.5. The maximum Gasteiger partial charge on any atom is 0.166 e. The van der Waals surface area contributed by atoms with E-state index in [-0.39, 0.29) is 11.1 Å². The minimum atomic E-state index is -0.857. The van der Waals surface area contributed by atoms with Crippen LogP contribution in [-0.2, 0) is 0 Å². The van der Waals surface area contributed by atoms with Crippen LogP contribution in [0, 0.1) is 0 Å². The molecule has 0 aliphatic heterocycles. The van der Waals surface area contributed by atoms with Gasteiger partial charge >= 0.3 is 0 Å². The summed E-state index contributed by atoms with van der Waals surface area (Å²) in [5, 5.41) is 0. The number of hydrogen-bond acceptors (Lipinski definition) is 0. The monoisotopic (exact) mass is 372 g/mol. The summed E-state index contributed by atoms with van der Waals surface area (Å²) in [6.07, 6.45) is 0. The van der Waals surface area contributed by atoms with Crippen LogP contribution in [0.25, 0.3) is 11.7 Å². The van der Waals surface area contributed by atoms with Gasteiger partial charge in [0.05, 0.1) is 0 Å². The van der Waals surface area contributed by atoms with Crippen molar-refractivity contribution in [2.24, 2.45) is 0 Å². The van der Waals surface area contributed by atoms with E-state index in [1.807, 2.05) is 0 Å². The molecular weight excluding hydrogens is 366 g/mol. The van der Waals surface area contributed by atoms with Gasteiger partial charge in [-0.15, -0.1) is 0 Å². The molecule has 0 saturated heterocycles. The van der Waals surface area contributed by atoms with Gasteiger partial charge in [0.25, 0.3) is 0 Å². The average Bonchev–Trinajstić information content (AvgIpc) is 2.39.